The topological polar surface area (TPSA) is 92.4 Å². The molecule has 106 valence electrons. The van der Waals surface area contributed by atoms with Crippen LogP contribution in [-0.4, -0.2) is 24.7 Å². The van der Waals surface area contributed by atoms with Crippen molar-refractivity contribution in [1.29, 1.82) is 0 Å². The molecule has 0 spiro atoms. The summed E-state index contributed by atoms with van der Waals surface area (Å²) in [5.41, 5.74) is 9.36. The average molecular weight is 273 g/mol. The van der Waals surface area contributed by atoms with Gasteiger partial charge in [0.25, 0.3) is 0 Å². The zero-order valence-corrected chi connectivity index (χ0v) is 11.5. The molecule has 1 aromatic carbocycles. The normalized spacial score (nSPS) is 16.6. The standard InChI is InChI=1S/C15H16N2O2.H3N/c1-18-15-7-10(5-6-17-15)12-3-2-4-14-13(12)8-11(16)9-19-14;/h2-7,11H,8-9,16H2,1H3;1H3/t11-;/m0./s1. The van der Waals surface area contributed by atoms with E-state index in [0.29, 0.717) is 12.5 Å². The molecule has 0 radical (unpaired) electrons. The second kappa shape index (κ2) is 5.90. The predicted octanol–water partition coefficient (Wildman–Crippen LogP) is 2.18. The molecular formula is C15H19N3O2. The Labute approximate surface area is 118 Å². The molecule has 0 amide bonds. The van der Waals surface area contributed by atoms with Crippen LogP contribution in [0.15, 0.2) is 36.5 Å². The summed E-state index contributed by atoms with van der Waals surface area (Å²) in [5, 5.41) is 0. The number of hydrogen-bond donors (Lipinski definition) is 2. The number of fused-ring (bicyclic) bond motifs is 1. The molecule has 0 saturated heterocycles. The van der Waals surface area contributed by atoms with E-state index in [4.69, 9.17) is 15.2 Å². The molecule has 1 aliphatic heterocycles. The fourth-order valence-corrected chi connectivity index (χ4v) is 2.39. The Balaban J connectivity index is 0.00000147. The Morgan fingerprint density at radius 2 is 2.20 bits per heavy atom. The first kappa shape index (κ1) is 14.3. The third-order valence-electron chi connectivity index (χ3n) is 3.31. The van der Waals surface area contributed by atoms with E-state index in [1.165, 1.54) is 0 Å². The second-order valence-corrected chi connectivity index (χ2v) is 4.64. The minimum atomic E-state index is 0. The first-order valence-electron chi connectivity index (χ1n) is 6.28. The van der Waals surface area contributed by atoms with E-state index in [1.54, 1.807) is 13.3 Å². The zero-order valence-electron chi connectivity index (χ0n) is 11.5. The van der Waals surface area contributed by atoms with Crippen LogP contribution in [0.2, 0.25) is 0 Å². The SMILES string of the molecule is COc1cc(-c2cccc3c2C[C@H](N)CO3)ccn1.N. The maximum absolute atomic E-state index is 5.99. The third-order valence-corrected chi connectivity index (χ3v) is 3.31. The van der Waals surface area contributed by atoms with Crippen molar-refractivity contribution in [2.45, 2.75) is 12.5 Å². The smallest absolute Gasteiger partial charge is 0.213 e. The summed E-state index contributed by atoms with van der Waals surface area (Å²) in [6.45, 7) is 0.579. The molecular weight excluding hydrogens is 254 g/mol. The summed E-state index contributed by atoms with van der Waals surface area (Å²) in [5.74, 6) is 1.53. The largest absolute Gasteiger partial charge is 0.492 e. The fraction of sp³-hybridized carbons (Fsp3) is 0.267. The average Bonchev–Trinajstić information content (AvgIpc) is 2.46. The van der Waals surface area contributed by atoms with Crippen LogP contribution in [-0.2, 0) is 6.42 Å². The molecule has 20 heavy (non-hydrogen) atoms. The van der Waals surface area contributed by atoms with Gasteiger partial charge in [-0.15, -0.1) is 0 Å². The lowest BCUT2D eigenvalue weighted by atomic mass is 9.93. The van der Waals surface area contributed by atoms with Crippen LogP contribution in [0.1, 0.15) is 5.56 Å². The maximum Gasteiger partial charge on any atom is 0.213 e. The van der Waals surface area contributed by atoms with Gasteiger partial charge < -0.3 is 21.4 Å². The Morgan fingerprint density at radius 1 is 1.35 bits per heavy atom. The van der Waals surface area contributed by atoms with Gasteiger partial charge in [-0.05, 0) is 29.7 Å². The van der Waals surface area contributed by atoms with Crippen molar-refractivity contribution in [2.75, 3.05) is 13.7 Å². The van der Waals surface area contributed by atoms with Gasteiger partial charge >= 0.3 is 0 Å². The van der Waals surface area contributed by atoms with Crippen molar-refractivity contribution >= 4 is 0 Å². The van der Waals surface area contributed by atoms with E-state index in [1.807, 2.05) is 24.3 Å². The highest BCUT2D eigenvalue weighted by molar-refractivity contribution is 5.71. The van der Waals surface area contributed by atoms with Gasteiger partial charge in [-0.3, -0.25) is 0 Å². The minimum absolute atomic E-state index is 0. The highest BCUT2D eigenvalue weighted by Gasteiger charge is 2.20. The first-order chi connectivity index (χ1) is 9.28. The predicted molar refractivity (Wildman–Crippen MR) is 78.4 cm³/mol. The van der Waals surface area contributed by atoms with Gasteiger partial charge in [0.15, 0.2) is 0 Å². The molecule has 5 N–H and O–H groups in total. The van der Waals surface area contributed by atoms with Gasteiger partial charge in [0.2, 0.25) is 5.88 Å². The Hall–Kier alpha value is -2.11. The number of rotatable bonds is 2. The van der Waals surface area contributed by atoms with Crippen LogP contribution in [0.4, 0.5) is 0 Å². The Kier molecular flexibility index (Phi) is 4.22. The highest BCUT2D eigenvalue weighted by Crippen LogP contribution is 2.34. The summed E-state index contributed by atoms with van der Waals surface area (Å²) >= 11 is 0. The summed E-state index contributed by atoms with van der Waals surface area (Å²) < 4.78 is 10.9. The van der Waals surface area contributed by atoms with Crippen LogP contribution in [0.3, 0.4) is 0 Å². The first-order valence-corrected chi connectivity index (χ1v) is 6.28. The van der Waals surface area contributed by atoms with Gasteiger partial charge in [0.05, 0.1) is 7.11 Å². The number of benzene rings is 1. The van der Waals surface area contributed by atoms with Gasteiger partial charge in [-0.25, -0.2) is 4.98 Å². The molecule has 0 unspecified atom stereocenters. The molecule has 0 fully saturated rings. The Bertz CT molecular complexity index is 601. The van der Waals surface area contributed by atoms with Crippen LogP contribution in [0.5, 0.6) is 11.6 Å². The summed E-state index contributed by atoms with van der Waals surface area (Å²) in [4.78, 5) is 4.13. The highest BCUT2D eigenvalue weighted by atomic mass is 16.5. The van der Waals surface area contributed by atoms with E-state index in [2.05, 4.69) is 11.1 Å². The van der Waals surface area contributed by atoms with E-state index in [9.17, 15) is 0 Å². The molecule has 0 aliphatic carbocycles. The van der Waals surface area contributed by atoms with Crippen LogP contribution in [0.25, 0.3) is 11.1 Å². The molecule has 1 aliphatic rings. The van der Waals surface area contributed by atoms with Crippen molar-refractivity contribution in [1.82, 2.24) is 11.1 Å². The number of aromatic nitrogens is 1. The quantitative estimate of drug-likeness (QED) is 0.874. The van der Waals surface area contributed by atoms with E-state index in [-0.39, 0.29) is 12.2 Å². The summed E-state index contributed by atoms with van der Waals surface area (Å²) in [6, 6.07) is 10.0. The molecule has 0 saturated carbocycles. The second-order valence-electron chi connectivity index (χ2n) is 4.64. The van der Waals surface area contributed by atoms with Gasteiger partial charge in [0.1, 0.15) is 12.4 Å². The number of nitrogens with two attached hydrogens (primary N) is 1. The molecule has 1 aromatic heterocycles. The van der Waals surface area contributed by atoms with Crippen LogP contribution in [0, 0.1) is 0 Å². The molecule has 3 rings (SSSR count). The summed E-state index contributed by atoms with van der Waals surface area (Å²) in [6.07, 6.45) is 2.58. The summed E-state index contributed by atoms with van der Waals surface area (Å²) in [7, 11) is 1.62. The van der Waals surface area contributed by atoms with Crippen molar-refractivity contribution in [2.24, 2.45) is 5.73 Å². The molecule has 0 bridgehead atoms. The Morgan fingerprint density at radius 3 is 3.00 bits per heavy atom. The fourth-order valence-electron chi connectivity index (χ4n) is 2.39. The van der Waals surface area contributed by atoms with E-state index >= 15 is 0 Å². The monoisotopic (exact) mass is 273 g/mol. The number of pyridine rings is 1. The molecule has 2 aromatic rings. The number of hydrogen-bond acceptors (Lipinski definition) is 5. The van der Waals surface area contributed by atoms with Crippen molar-refractivity contribution in [3.05, 3.63) is 42.1 Å². The van der Waals surface area contributed by atoms with Gasteiger partial charge in [0, 0.05) is 23.9 Å². The number of methoxy groups -OCH3 is 1. The minimum Gasteiger partial charge on any atom is -0.492 e. The molecule has 5 heteroatoms. The van der Waals surface area contributed by atoms with Crippen molar-refractivity contribution < 1.29 is 9.47 Å². The van der Waals surface area contributed by atoms with Crippen molar-refractivity contribution in [3.8, 4) is 22.8 Å². The molecule has 5 nitrogen and oxygen atoms in total. The number of ether oxygens (including phenoxy) is 2. The van der Waals surface area contributed by atoms with Gasteiger partial charge in [-0.1, -0.05) is 12.1 Å². The lowest BCUT2D eigenvalue weighted by Crippen LogP contribution is -2.34. The number of nitrogens with zero attached hydrogens (tertiary/aromatic N) is 1. The molecule has 2 heterocycles. The lowest BCUT2D eigenvalue weighted by Gasteiger charge is -2.24. The van der Waals surface area contributed by atoms with E-state index < -0.39 is 0 Å². The molecule has 1 atom stereocenters. The third kappa shape index (κ3) is 2.59. The van der Waals surface area contributed by atoms with E-state index in [0.717, 1.165) is 28.9 Å². The van der Waals surface area contributed by atoms with Gasteiger partial charge in [-0.2, -0.15) is 0 Å². The van der Waals surface area contributed by atoms with Crippen LogP contribution < -0.4 is 21.4 Å². The lowest BCUT2D eigenvalue weighted by molar-refractivity contribution is 0.264. The van der Waals surface area contributed by atoms with Crippen LogP contribution >= 0.6 is 0 Å². The maximum atomic E-state index is 5.99. The zero-order chi connectivity index (χ0) is 13.2. The van der Waals surface area contributed by atoms with Crippen molar-refractivity contribution in [3.63, 3.8) is 0 Å².